The van der Waals surface area contributed by atoms with Crippen LogP contribution >= 0.6 is 28.3 Å². The summed E-state index contributed by atoms with van der Waals surface area (Å²) in [6.45, 7) is 7.89. The number of rotatable bonds is 4. The molecule has 1 aromatic carbocycles. The van der Waals surface area contributed by atoms with Crippen LogP contribution in [0.15, 0.2) is 28.9 Å². The smallest absolute Gasteiger partial charge is 0.256 e. The number of para-hydroxylation sites is 1. The van der Waals surface area contributed by atoms with Gasteiger partial charge in [0, 0.05) is 48.8 Å². The highest BCUT2D eigenvalue weighted by Gasteiger charge is 2.25. The third kappa shape index (κ3) is 4.42. The number of aromatic nitrogens is 1. The van der Waals surface area contributed by atoms with Crippen LogP contribution in [0.2, 0.25) is 0 Å². The van der Waals surface area contributed by atoms with Gasteiger partial charge in [0.1, 0.15) is 0 Å². The summed E-state index contributed by atoms with van der Waals surface area (Å²) in [5, 5.41) is 1.09. The summed E-state index contributed by atoms with van der Waals surface area (Å²) in [4.78, 5) is 17.7. The van der Waals surface area contributed by atoms with Gasteiger partial charge >= 0.3 is 0 Å². The number of fused-ring (bicyclic) bond motifs is 1. The molecule has 2 fully saturated rings. The molecule has 1 amide bonds. The Morgan fingerprint density at radius 1 is 1.11 bits per heavy atom. The molecule has 1 saturated heterocycles. The molecule has 0 N–H and O–H groups in total. The fourth-order valence-corrected chi connectivity index (χ4v) is 5.31. The molecule has 4 nitrogen and oxygen atoms in total. The number of carbonyl (C=O) groups is 1. The number of hydrogen-bond donors (Lipinski definition) is 0. The van der Waals surface area contributed by atoms with E-state index in [-0.39, 0.29) is 18.3 Å². The highest BCUT2D eigenvalue weighted by Crippen LogP contribution is 2.32. The number of likely N-dealkylation sites (N-methyl/N-ethyl adjacent to an activating group) is 1. The molecular formula is C22H31BrClN3O. The van der Waals surface area contributed by atoms with E-state index in [1.54, 1.807) is 0 Å². The first-order chi connectivity index (χ1) is 13.2. The van der Waals surface area contributed by atoms with Crippen molar-refractivity contribution < 1.29 is 4.79 Å². The molecule has 1 aliphatic heterocycles. The summed E-state index contributed by atoms with van der Waals surface area (Å²) >= 11 is 3.74. The SMILES string of the molecule is CCN1CCN(C(=O)c2cn(CC3CCCCC3)c3c(Br)cccc23)CC1.Cl. The van der Waals surface area contributed by atoms with Crippen LogP contribution in [0.4, 0.5) is 0 Å². The summed E-state index contributed by atoms with van der Waals surface area (Å²) in [6.07, 6.45) is 8.81. The maximum absolute atomic E-state index is 13.3. The zero-order valence-corrected chi connectivity index (χ0v) is 19.1. The van der Waals surface area contributed by atoms with Crippen molar-refractivity contribution >= 4 is 45.1 Å². The van der Waals surface area contributed by atoms with Crippen LogP contribution in [-0.4, -0.2) is 53.0 Å². The number of amides is 1. The second kappa shape index (κ2) is 9.64. The lowest BCUT2D eigenvalue weighted by atomic mass is 9.89. The van der Waals surface area contributed by atoms with E-state index in [0.29, 0.717) is 0 Å². The number of carbonyl (C=O) groups excluding carboxylic acids is 1. The first kappa shape index (κ1) is 21.7. The molecule has 2 aliphatic rings. The standard InChI is InChI=1S/C22H30BrN3O.ClH/c1-2-24-11-13-25(14-12-24)22(27)19-16-26(15-17-7-4-3-5-8-17)21-18(19)9-6-10-20(21)23;/h6,9-10,16-17H,2-5,7-8,11-15H2,1H3;1H. The van der Waals surface area contributed by atoms with E-state index in [1.165, 1.54) is 37.6 Å². The average molecular weight is 469 g/mol. The monoisotopic (exact) mass is 467 g/mol. The van der Waals surface area contributed by atoms with Crippen molar-refractivity contribution in [1.29, 1.82) is 0 Å². The van der Waals surface area contributed by atoms with Gasteiger partial charge in [-0.15, -0.1) is 12.4 Å². The van der Waals surface area contributed by atoms with E-state index in [1.807, 2.05) is 11.0 Å². The molecule has 0 unspecified atom stereocenters. The van der Waals surface area contributed by atoms with Crippen LogP contribution in [0.25, 0.3) is 10.9 Å². The minimum atomic E-state index is 0. The third-order valence-corrected chi connectivity index (χ3v) is 7.01. The molecule has 2 heterocycles. The van der Waals surface area contributed by atoms with E-state index >= 15 is 0 Å². The number of halogens is 2. The lowest BCUT2D eigenvalue weighted by molar-refractivity contribution is 0.0645. The summed E-state index contributed by atoms with van der Waals surface area (Å²) in [5.74, 6) is 0.925. The summed E-state index contributed by atoms with van der Waals surface area (Å²) in [6, 6.07) is 6.24. The molecule has 28 heavy (non-hydrogen) atoms. The van der Waals surface area contributed by atoms with E-state index in [2.05, 4.69) is 50.7 Å². The van der Waals surface area contributed by atoms with Crippen LogP contribution in [0.3, 0.4) is 0 Å². The van der Waals surface area contributed by atoms with Crippen molar-refractivity contribution in [3.63, 3.8) is 0 Å². The lowest BCUT2D eigenvalue weighted by Crippen LogP contribution is -2.48. The Balaban J connectivity index is 0.00000225. The van der Waals surface area contributed by atoms with Gasteiger partial charge < -0.3 is 14.4 Å². The topological polar surface area (TPSA) is 28.5 Å². The molecule has 0 radical (unpaired) electrons. The maximum Gasteiger partial charge on any atom is 0.256 e. The molecule has 1 aliphatic carbocycles. The van der Waals surface area contributed by atoms with Crippen LogP contribution in [0.5, 0.6) is 0 Å². The molecule has 0 atom stereocenters. The Hall–Kier alpha value is -1.04. The fourth-order valence-electron chi connectivity index (χ4n) is 4.71. The Labute approximate surface area is 182 Å². The van der Waals surface area contributed by atoms with Gasteiger partial charge in [-0.05, 0) is 47.3 Å². The highest BCUT2D eigenvalue weighted by molar-refractivity contribution is 9.10. The predicted octanol–water partition coefficient (Wildman–Crippen LogP) is 5.18. The molecule has 6 heteroatoms. The number of benzene rings is 1. The van der Waals surface area contributed by atoms with Crippen LogP contribution < -0.4 is 0 Å². The molecule has 2 aromatic rings. The van der Waals surface area contributed by atoms with Crippen molar-refractivity contribution in [2.45, 2.75) is 45.6 Å². The summed E-state index contributed by atoms with van der Waals surface area (Å²) in [5.41, 5.74) is 2.05. The quantitative estimate of drug-likeness (QED) is 0.618. The van der Waals surface area contributed by atoms with Gasteiger partial charge in [-0.25, -0.2) is 0 Å². The number of nitrogens with zero attached hydrogens (tertiary/aromatic N) is 3. The van der Waals surface area contributed by atoms with Gasteiger partial charge in [0.25, 0.3) is 5.91 Å². The van der Waals surface area contributed by atoms with E-state index in [0.717, 1.165) is 60.6 Å². The normalized spacial score (nSPS) is 19.0. The first-order valence-corrected chi connectivity index (χ1v) is 11.3. The van der Waals surface area contributed by atoms with E-state index in [9.17, 15) is 4.79 Å². The molecule has 1 saturated carbocycles. The minimum Gasteiger partial charge on any atom is -0.345 e. The van der Waals surface area contributed by atoms with Crippen molar-refractivity contribution in [2.75, 3.05) is 32.7 Å². The summed E-state index contributed by atoms with van der Waals surface area (Å²) < 4.78 is 3.43. The third-order valence-electron chi connectivity index (χ3n) is 6.37. The second-order valence-corrected chi connectivity index (χ2v) is 8.92. The van der Waals surface area contributed by atoms with Crippen molar-refractivity contribution in [1.82, 2.24) is 14.4 Å². The van der Waals surface area contributed by atoms with Gasteiger partial charge in [-0.3, -0.25) is 4.79 Å². The van der Waals surface area contributed by atoms with Gasteiger partial charge in [-0.2, -0.15) is 0 Å². The average Bonchev–Trinajstić information content (AvgIpc) is 3.08. The van der Waals surface area contributed by atoms with Crippen LogP contribution in [-0.2, 0) is 6.54 Å². The molecule has 154 valence electrons. The Morgan fingerprint density at radius 2 is 1.82 bits per heavy atom. The van der Waals surface area contributed by atoms with Crippen LogP contribution in [0, 0.1) is 5.92 Å². The van der Waals surface area contributed by atoms with Gasteiger partial charge in [0.2, 0.25) is 0 Å². The lowest BCUT2D eigenvalue weighted by Gasteiger charge is -2.34. The maximum atomic E-state index is 13.3. The Morgan fingerprint density at radius 3 is 2.50 bits per heavy atom. The number of hydrogen-bond acceptors (Lipinski definition) is 2. The molecule has 0 bridgehead atoms. The first-order valence-electron chi connectivity index (χ1n) is 10.5. The van der Waals surface area contributed by atoms with Crippen molar-refractivity contribution in [2.24, 2.45) is 5.92 Å². The summed E-state index contributed by atoms with van der Waals surface area (Å²) in [7, 11) is 0. The predicted molar refractivity (Wildman–Crippen MR) is 121 cm³/mol. The Kier molecular flexibility index (Phi) is 7.46. The van der Waals surface area contributed by atoms with E-state index in [4.69, 9.17) is 0 Å². The fraction of sp³-hybridized carbons (Fsp3) is 0.591. The molecule has 1 aromatic heterocycles. The zero-order chi connectivity index (χ0) is 18.8. The minimum absolute atomic E-state index is 0. The van der Waals surface area contributed by atoms with Gasteiger partial charge in [0.15, 0.2) is 0 Å². The van der Waals surface area contributed by atoms with Crippen LogP contribution in [0.1, 0.15) is 49.4 Å². The highest BCUT2D eigenvalue weighted by atomic mass is 79.9. The van der Waals surface area contributed by atoms with Gasteiger partial charge in [0.05, 0.1) is 11.1 Å². The van der Waals surface area contributed by atoms with Gasteiger partial charge in [-0.1, -0.05) is 38.3 Å². The molecular weight excluding hydrogens is 438 g/mol. The molecule has 0 spiro atoms. The van der Waals surface area contributed by atoms with Crippen molar-refractivity contribution in [3.05, 3.63) is 34.4 Å². The number of piperazine rings is 1. The largest absolute Gasteiger partial charge is 0.345 e. The zero-order valence-electron chi connectivity index (χ0n) is 16.7. The van der Waals surface area contributed by atoms with Crippen molar-refractivity contribution in [3.8, 4) is 0 Å². The van der Waals surface area contributed by atoms with E-state index < -0.39 is 0 Å². The second-order valence-electron chi connectivity index (χ2n) is 8.06. The Bertz CT molecular complexity index is 807. The molecule has 4 rings (SSSR count).